The quantitative estimate of drug-likeness (QED) is 0.332. The van der Waals surface area contributed by atoms with Crippen LogP contribution in [0.25, 0.3) is 10.4 Å². The van der Waals surface area contributed by atoms with Gasteiger partial charge in [0, 0.05) is 11.3 Å². The molecule has 0 saturated heterocycles. The Morgan fingerprint density at radius 1 is 1.58 bits per heavy atom. The van der Waals surface area contributed by atoms with Gasteiger partial charge in [-0.25, -0.2) is 0 Å². The molecule has 0 aromatic heterocycles. The molecule has 7 nitrogen and oxygen atoms in total. The molecule has 0 rings (SSSR count). The van der Waals surface area contributed by atoms with Crippen LogP contribution in [-0.2, 0) is 9.59 Å². The van der Waals surface area contributed by atoms with Crippen LogP contribution in [-0.4, -0.2) is 17.9 Å². The lowest BCUT2D eigenvalue weighted by Crippen LogP contribution is -2.30. The van der Waals surface area contributed by atoms with Crippen molar-refractivity contribution in [3.8, 4) is 0 Å². The number of hydrogen-bond acceptors (Lipinski definition) is 3. The summed E-state index contributed by atoms with van der Waals surface area (Å²) < 4.78 is 0. The predicted molar refractivity (Wildman–Crippen MR) is 40.6 cm³/mol. The van der Waals surface area contributed by atoms with Gasteiger partial charge in [-0.05, 0) is 17.1 Å². The normalized spacial score (nSPS) is 11.4. The number of azide groups is 1. The molecule has 2 amide bonds. The summed E-state index contributed by atoms with van der Waals surface area (Å²) >= 11 is 0. The summed E-state index contributed by atoms with van der Waals surface area (Å²) in [6.45, 7) is 0. The van der Waals surface area contributed by atoms with E-state index in [1.54, 1.807) is 0 Å². The fourth-order valence-electron chi connectivity index (χ4n) is 0.539. The van der Waals surface area contributed by atoms with Crippen LogP contribution in [0.15, 0.2) is 5.11 Å². The first-order chi connectivity index (χ1) is 5.57. The van der Waals surface area contributed by atoms with Crippen LogP contribution in [0.4, 0.5) is 0 Å². The number of nitrogens with two attached hydrogens (primary N) is 2. The van der Waals surface area contributed by atoms with E-state index in [2.05, 4.69) is 10.0 Å². The van der Waals surface area contributed by atoms with Gasteiger partial charge in [0.15, 0.2) is 0 Å². The maximum atomic E-state index is 10.7. The summed E-state index contributed by atoms with van der Waals surface area (Å²) in [6.07, 6.45) is 0.112. The Balaban J connectivity index is 3.87. The Morgan fingerprint density at radius 3 is 2.58 bits per heavy atom. The molecule has 0 aliphatic rings. The van der Waals surface area contributed by atoms with E-state index in [9.17, 15) is 9.59 Å². The van der Waals surface area contributed by atoms with Crippen LogP contribution in [0.1, 0.15) is 12.8 Å². The van der Waals surface area contributed by atoms with Gasteiger partial charge in [0.1, 0.15) is 0 Å². The van der Waals surface area contributed by atoms with Crippen molar-refractivity contribution >= 4 is 11.8 Å². The molecule has 0 aromatic rings. The first-order valence-corrected chi connectivity index (χ1v) is 3.20. The molecule has 0 aliphatic heterocycles. The number of nitrogens with zero attached hydrogens (tertiary/aromatic N) is 3. The van der Waals surface area contributed by atoms with Crippen molar-refractivity contribution in [1.29, 1.82) is 0 Å². The van der Waals surface area contributed by atoms with Gasteiger partial charge in [0.2, 0.25) is 11.8 Å². The Hall–Kier alpha value is -1.59. The van der Waals surface area contributed by atoms with Gasteiger partial charge < -0.3 is 11.5 Å². The summed E-state index contributed by atoms with van der Waals surface area (Å²) in [7, 11) is 0. The molecule has 0 aliphatic carbocycles. The number of carbonyl (C=O) groups excluding carboxylic acids is 2. The summed E-state index contributed by atoms with van der Waals surface area (Å²) in [6, 6.07) is -0.937. The van der Waals surface area contributed by atoms with Gasteiger partial charge in [0.25, 0.3) is 0 Å². The summed E-state index contributed by atoms with van der Waals surface area (Å²) in [5.74, 6) is -1.32. The third-order valence-corrected chi connectivity index (χ3v) is 1.16. The minimum Gasteiger partial charge on any atom is -0.370 e. The third-order valence-electron chi connectivity index (χ3n) is 1.16. The van der Waals surface area contributed by atoms with E-state index in [0.29, 0.717) is 0 Å². The van der Waals surface area contributed by atoms with Crippen LogP contribution < -0.4 is 11.5 Å². The Labute approximate surface area is 68.3 Å². The summed E-state index contributed by atoms with van der Waals surface area (Å²) in [5, 5.41) is 2.77. The van der Waals surface area contributed by atoms with Crippen molar-refractivity contribution < 1.29 is 9.59 Å². The highest BCUT2D eigenvalue weighted by molar-refractivity contribution is 5.83. The topological polar surface area (TPSA) is 135 Å². The molecule has 0 saturated carbocycles. The van der Waals surface area contributed by atoms with Gasteiger partial charge >= 0.3 is 0 Å². The molecule has 0 unspecified atom stereocenters. The molecule has 12 heavy (non-hydrogen) atoms. The first kappa shape index (κ1) is 10.4. The van der Waals surface area contributed by atoms with E-state index in [1.165, 1.54) is 0 Å². The third kappa shape index (κ3) is 4.26. The van der Waals surface area contributed by atoms with Gasteiger partial charge in [-0.15, -0.1) is 0 Å². The maximum absolute atomic E-state index is 10.7. The summed E-state index contributed by atoms with van der Waals surface area (Å²) in [4.78, 5) is 23.2. The van der Waals surface area contributed by atoms with Gasteiger partial charge in [0.05, 0.1) is 6.04 Å². The van der Waals surface area contributed by atoms with E-state index >= 15 is 0 Å². The zero-order chi connectivity index (χ0) is 9.56. The number of amides is 2. The highest BCUT2D eigenvalue weighted by Crippen LogP contribution is 1.95. The lowest BCUT2D eigenvalue weighted by molar-refractivity contribution is -0.120. The fourth-order valence-corrected chi connectivity index (χ4v) is 0.539. The number of hydrogen-bond donors (Lipinski definition) is 2. The lowest BCUT2D eigenvalue weighted by Gasteiger charge is -2.03. The Morgan fingerprint density at radius 2 is 2.17 bits per heavy atom. The molecule has 0 bridgehead atoms. The molecule has 0 radical (unpaired) electrons. The van der Waals surface area contributed by atoms with E-state index in [4.69, 9.17) is 17.0 Å². The molecule has 4 N–H and O–H groups in total. The van der Waals surface area contributed by atoms with Gasteiger partial charge in [-0.3, -0.25) is 9.59 Å². The highest BCUT2D eigenvalue weighted by atomic mass is 16.2. The zero-order valence-corrected chi connectivity index (χ0v) is 6.30. The second-order valence-corrected chi connectivity index (χ2v) is 2.14. The number of carbonyl (C=O) groups is 2. The Kier molecular flexibility index (Phi) is 4.43. The smallest absolute Gasteiger partial charge is 0.235 e. The second-order valence-electron chi connectivity index (χ2n) is 2.14. The van der Waals surface area contributed by atoms with Crippen LogP contribution >= 0.6 is 0 Å². The lowest BCUT2D eigenvalue weighted by atomic mass is 10.1. The SMILES string of the molecule is [N-]=[N+]=NC(=O)[C@@H](N)CCC(N)=O. The van der Waals surface area contributed by atoms with Crippen molar-refractivity contribution in [3.63, 3.8) is 0 Å². The van der Waals surface area contributed by atoms with Crippen molar-refractivity contribution in [3.05, 3.63) is 10.4 Å². The van der Waals surface area contributed by atoms with E-state index < -0.39 is 17.9 Å². The van der Waals surface area contributed by atoms with Gasteiger partial charge in [-0.1, -0.05) is 0 Å². The van der Waals surface area contributed by atoms with Crippen LogP contribution in [0, 0.1) is 0 Å². The van der Waals surface area contributed by atoms with Crippen LogP contribution in [0.2, 0.25) is 0 Å². The second kappa shape index (κ2) is 5.11. The monoisotopic (exact) mass is 171 g/mol. The number of primary amides is 1. The fraction of sp³-hybridized carbons (Fsp3) is 0.600. The summed E-state index contributed by atoms with van der Waals surface area (Å²) in [5.41, 5.74) is 17.9. The molecule has 1 atom stereocenters. The molecule has 0 aromatic carbocycles. The standard InChI is InChI=1S/C5H9N5O2/c6-3(1-2-4(7)11)5(12)9-10-8/h3H,1-2,6H2,(H2,7,11)/t3-/m0/s1. The van der Waals surface area contributed by atoms with E-state index in [-0.39, 0.29) is 12.8 Å². The number of rotatable bonds is 4. The average molecular weight is 171 g/mol. The Bertz CT molecular complexity index is 232. The molecule has 0 spiro atoms. The van der Waals surface area contributed by atoms with Crippen molar-refractivity contribution in [2.75, 3.05) is 0 Å². The molecular weight excluding hydrogens is 162 g/mol. The molecule has 0 heterocycles. The molecule has 0 fully saturated rings. The van der Waals surface area contributed by atoms with Crippen molar-refractivity contribution in [2.45, 2.75) is 18.9 Å². The largest absolute Gasteiger partial charge is 0.370 e. The average Bonchev–Trinajstić information content (AvgIpc) is 2.00. The van der Waals surface area contributed by atoms with Crippen LogP contribution in [0.3, 0.4) is 0 Å². The van der Waals surface area contributed by atoms with Crippen molar-refractivity contribution in [1.82, 2.24) is 0 Å². The van der Waals surface area contributed by atoms with Crippen molar-refractivity contribution in [2.24, 2.45) is 16.6 Å². The zero-order valence-electron chi connectivity index (χ0n) is 6.30. The van der Waals surface area contributed by atoms with E-state index in [1.807, 2.05) is 0 Å². The van der Waals surface area contributed by atoms with Crippen LogP contribution in [0.5, 0.6) is 0 Å². The molecular formula is C5H9N5O2. The predicted octanol–water partition coefficient (Wildman–Crippen LogP) is -0.584. The van der Waals surface area contributed by atoms with Gasteiger partial charge in [-0.2, -0.15) is 0 Å². The highest BCUT2D eigenvalue weighted by Gasteiger charge is 2.11. The van der Waals surface area contributed by atoms with E-state index in [0.717, 1.165) is 0 Å². The minimum absolute atomic E-state index is 0.00779. The molecule has 7 heteroatoms. The maximum Gasteiger partial charge on any atom is 0.235 e. The molecule has 66 valence electrons. The minimum atomic E-state index is -0.937. The first-order valence-electron chi connectivity index (χ1n) is 3.20.